The van der Waals surface area contributed by atoms with Crippen LogP contribution in [0.5, 0.6) is 5.75 Å². The van der Waals surface area contributed by atoms with Crippen LogP contribution in [-0.4, -0.2) is 18.0 Å². The number of ether oxygens (including phenoxy) is 1. The van der Waals surface area contributed by atoms with Crippen LogP contribution in [0.4, 0.5) is 9.52 Å². The maximum absolute atomic E-state index is 12.9. The summed E-state index contributed by atoms with van der Waals surface area (Å²) in [4.78, 5) is 16.6. The molecule has 4 aromatic rings. The summed E-state index contributed by atoms with van der Waals surface area (Å²) in [5, 5.41) is 5.98. The lowest BCUT2D eigenvalue weighted by atomic mass is 10.1. The van der Waals surface area contributed by atoms with Crippen molar-refractivity contribution in [3.63, 3.8) is 0 Å². The number of aromatic nitrogens is 1. The van der Waals surface area contributed by atoms with Crippen molar-refractivity contribution in [2.24, 2.45) is 0 Å². The highest BCUT2D eigenvalue weighted by molar-refractivity contribution is 7.14. The molecule has 2 aromatic carbocycles. The largest absolute Gasteiger partial charge is 0.497 e. The summed E-state index contributed by atoms with van der Waals surface area (Å²) >= 11 is 1.32. The van der Waals surface area contributed by atoms with Crippen molar-refractivity contribution in [3.05, 3.63) is 65.3 Å². The van der Waals surface area contributed by atoms with E-state index in [1.54, 1.807) is 19.2 Å². The van der Waals surface area contributed by atoms with Gasteiger partial charge < -0.3 is 14.5 Å². The molecule has 1 amide bonds. The number of amides is 1. The van der Waals surface area contributed by atoms with Crippen LogP contribution < -0.4 is 10.1 Å². The molecular weight excluding hydrogens is 367 g/mol. The molecule has 5 nitrogen and oxygen atoms in total. The minimum absolute atomic E-state index is 0.152. The number of hydrogen-bond acceptors (Lipinski definition) is 5. The maximum atomic E-state index is 12.9. The van der Waals surface area contributed by atoms with Crippen molar-refractivity contribution < 1.29 is 18.3 Å². The molecule has 7 heteroatoms. The monoisotopic (exact) mass is 382 g/mol. The molecule has 1 N–H and O–H groups in total. The van der Waals surface area contributed by atoms with Crippen molar-refractivity contribution in [2.45, 2.75) is 6.42 Å². The lowest BCUT2D eigenvalue weighted by Crippen LogP contribution is -2.14. The van der Waals surface area contributed by atoms with Gasteiger partial charge in [0.1, 0.15) is 22.8 Å². The molecule has 0 radical (unpaired) electrons. The third-order valence-electron chi connectivity index (χ3n) is 4.00. The molecule has 2 aromatic heterocycles. The summed E-state index contributed by atoms with van der Waals surface area (Å²) in [5.41, 5.74) is 2.12. The number of hydrogen-bond donors (Lipinski definition) is 1. The fraction of sp³-hybridized carbons (Fsp3) is 0.100. The Morgan fingerprint density at radius 3 is 2.81 bits per heavy atom. The van der Waals surface area contributed by atoms with E-state index in [1.165, 1.54) is 23.5 Å². The van der Waals surface area contributed by atoms with Crippen LogP contribution in [0.2, 0.25) is 0 Å². The van der Waals surface area contributed by atoms with Gasteiger partial charge in [0.05, 0.1) is 13.5 Å². The molecule has 0 saturated heterocycles. The molecule has 0 aliphatic heterocycles. The minimum Gasteiger partial charge on any atom is -0.497 e. The highest BCUT2D eigenvalue weighted by atomic mass is 32.1. The van der Waals surface area contributed by atoms with Crippen LogP contribution in [0, 0.1) is 5.82 Å². The van der Waals surface area contributed by atoms with E-state index in [2.05, 4.69) is 10.3 Å². The van der Waals surface area contributed by atoms with E-state index in [4.69, 9.17) is 9.15 Å². The number of nitrogens with zero attached hydrogens (tertiary/aromatic N) is 1. The standard InChI is InChI=1S/C20H15FN2O3S/c1-25-15-6-7-17-13(9-15)10-18(26-17)16-11-27-20(22-16)23-19(24)8-12-2-4-14(21)5-3-12/h2-7,9-11H,8H2,1H3,(H,22,23,24). The molecule has 2 heterocycles. The summed E-state index contributed by atoms with van der Waals surface area (Å²) in [6.07, 6.45) is 0.152. The fourth-order valence-electron chi connectivity index (χ4n) is 2.67. The fourth-order valence-corrected chi connectivity index (χ4v) is 3.39. The van der Waals surface area contributed by atoms with E-state index in [9.17, 15) is 9.18 Å². The predicted octanol–water partition coefficient (Wildman–Crippen LogP) is 4.89. The van der Waals surface area contributed by atoms with Crippen molar-refractivity contribution in [1.29, 1.82) is 0 Å². The van der Waals surface area contributed by atoms with Gasteiger partial charge in [-0.1, -0.05) is 12.1 Å². The minimum atomic E-state index is -0.327. The molecule has 0 aliphatic carbocycles. The number of carbonyl (C=O) groups excluding carboxylic acids is 1. The van der Waals surface area contributed by atoms with E-state index in [0.29, 0.717) is 16.6 Å². The Kier molecular flexibility index (Phi) is 4.60. The van der Waals surface area contributed by atoms with Gasteiger partial charge in [-0.3, -0.25) is 4.79 Å². The third kappa shape index (κ3) is 3.83. The molecule has 0 aliphatic rings. The topological polar surface area (TPSA) is 64.4 Å². The summed E-state index contributed by atoms with van der Waals surface area (Å²) in [6.45, 7) is 0. The number of halogens is 1. The smallest absolute Gasteiger partial charge is 0.230 e. The lowest BCUT2D eigenvalue weighted by molar-refractivity contribution is -0.115. The molecule has 136 valence electrons. The van der Waals surface area contributed by atoms with E-state index >= 15 is 0 Å². The number of thiazole rings is 1. The van der Waals surface area contributed by atoms with Gasteiger partial charge in [-0.15, -0.1) is 11.3 Å². The SMILES string of the molecule is COc1ccc2oc(-c3csc(NC(=O)Cc4ccc(F)cc4)n3)cc2c1. The first-order chi connectivity index (χ1) is 13.1. The average Bonchev–Trinajstić information content (AvgIpc) is 3.29. The maximum Gasteiger partial charge on any atom is 0.230 e. The second-order valence-electron chi connectivity index (χ2n) is 5.90. The van der Waals surface area contributed by atoms with Gasteiger partial charge in [-0.2, -0.15) is 0 Å². The first-order valence-corrected chi connectivity index (χ1v) is 9.06. The molecule has 27 heavy (non-hydrogen) atoms. The van der Waals surface area contributed by atoms with Crippen molar-refractivity contribution >= 4 is 33.3 Å². The Balaban J connectivity index is 1.48. The second-order valence-corrected chi connectivity index (χ2v) is 6.76. The number of rotatable bonds is 5. The van der Waals surface area contributed by atoms with Crippen molar-refractivity contribution in [3.8, 4) is 17.2 Å². The molecule has 0 unspecified atom stereocenters. The second kappa shape index (κ2) is 7.20. The summed E-state index contributed by atoms with van der Waals surface area (Å²) < 4.78 is 24.0. The highest BCUT2D eigenvalue weighted by Crippen LogP contribution is 2.31. The number of carbonyl (C=O) groups is 1. The number of nitrogens with one attached hydrogen (secondary N) is 1. The molecule has 0 atom stereocenters. The zero-order chi connectivity index (χ0) is 18.8. The Hall–Kier alpha value is -3.19. The van der Waals surface area contributed by atoms with Crippen LogP contribution in [0.3, 0.4) is 0 Å². The van der Waals surface area contributed by atoms with Gasteiger partial charge in [0.2, 0.25) is 5.91 Å². The predicted molar refractivity (Wildman–Crippen MR) is 103 cm³/mol. The molecule has 0 fully saturated rings. The van der Waals surface area contributed by atoms with Gasteiger partial charge in [0.25, 0.3) is 0 Å². The number of furan rings is 1. The Labute approximate surface area is 158 Å². The Morgan fingerprint density at radius 1 is 1.22 bits per heavy atom. The first kappa shape index (κ1) is 17.2. The molecule has 4 rings (SSSR count). The number of anilines is 1. The van der Waals surface area contributed by atoms with Crippen LogP contribution in [0.25, 0.3) is 22.4 Å². The van der Waals surface area contributed by atoms with Crippen LogP contribution in [0.15, 0.2) is 58.3 Å². The first-order valence-electron chi connectivity index (χ1n) is 8.18. The average molecular weight is 382 g/mol. The van der Waals surface area contributed by atoms with Gasteiger partial charge in [0, 0.05) is 10.8 Å². The van der Waals surface area contributed by atoms with Gasteiger partial charge in [-0.25, -0.2) is 9.37 Å². The quantitative estimate of drug-likeness (QED) is 0.534. The number of benzene rings is 2. The Morgan fingerprint density at radius 2 is 2.04 bits per heavy atom. The van der Waals surface area contributed by atoms with E-state index in [1.807, 2.05) is 29.6 Å². The molecular formula is C20H15FN2O3S. The molecule has 0 bridgehead atoms. The van der Waals surface area contributed by atoms with Crippen molar-refractivity contribution in [1.82, 2.24) is 4.98 Å². The van der Waals surface area contributed by atoms with Crippen molar-refractivity contribution in [2.75, 3.05) is 12.4 Å². The third-order valence-corrected chi connectivity index (χ3v) is 4.76. The van der Waals surface area contributed by atoms with Gasteiger partial charge in [0.15, 0.2) is 10.9 Å². The molecule has 0 saturated carbocycles. The normalized spacial score (nSPS) is 10.9. The molecule has 0 spiro atoms. The van der Waals surface area contributed by atoms with Gasteiger partial charge in [-0.05, 0) is 42.0 Å². The summed E-state index contributed by atoms with van der Waals surface area (Å²) in [5.74, 6) is 0.833. The van der Waals surface area contributed by atoms with E-state index in [0.717, 1.165) is 22.3 Å². The zero-order valence-corrected chi connectivity index (χ0v) is 15.2. The number of fused-ring (bicyclic) bond motifs is 1. The lowest BCUT2D eigenvalue weighted by Gasteiger charge is -2.01. The van der Waals surface area contributed by atoms with Crippen LogP contribution >= 0.6 is 11.3 Å². The number of methoxy groups -OCH3 is 1. The Bertz CT molecular complexity index is 1100. The van der Waals surface area contributed by atoms with E-state index < -0.39 is 0 Å². The van der Waals surface area contributed by atoms with E-state index in [-0.39, 0.29) is 18.1 Å². The zero-order valence-electron chi connectivity index (χ0n) is 14.4. The summed E-state index contributed by atoms with van der Waals surface area (Å²) in [7, 11) is 1.61. The van der Waals surface area contributed by atoms with Crippen LogP contribution in [0.1, 0.15) is 5.56 Å². The summed E-state index contributed by atoms with van der Waals surface area (Å²) in [6, 6.07) is 13.3. The van der Waals surface area contributed by atoms with Gasteiger partial charge >= 0.3 is 0 Å². The highest BCUT2D eigenvalue weighted by Gasteiger charge is 2.13. The van der Waals surface area contributed by atoms with Crippen LogP contribution in [-0.2, 0) is 11.2 Å².